The average Bonchev–Trinajstić information content (AvgIpc) is 2.58. The van der Waals surface area contributed by atoms with Crippen LogP contribution < -0.4 is 9.47 Å². The Hall–Kier alpha value is -2.38. The second-order valence-corrected chi connectivity index (χ2v) is 6.71. The van der Waals surface area contributed by atoms with Gasteiger partial charge in [-0.1, -0.05) is 29.8 Å². The van der Waals surface area contributed by atoms with Crippen molar-refractivity contribution in [3.05, 3.63) is 58.6 Å². The number of ether oxygens (including phenoxy) is 2. The third-order valence-electron chi connectivity index (χ3n) is 4.25. The van der Waals surface area contributed by atoms with Crippen LogP contribution >= 0.6 is 11.6 Å². The van der Waals surface area contributed by atoms with Gasteiger partial charge in [-0.25, -0.2) is 0 Å². The molecule has 144 valence electrons. The number of likely N-dealkylation sites (tertiary alicyclic amines) is 1. The van der Waals surface area contributed by atoms with E-state index in [1.165, 1.54) is 12.1 Å². The van der Waals surface area contributed by atoms with Crippen LogP contribution in [0.15, 0.2) is 42.5 Å². The Kier molecular flexibility index (Phi) is 6.13. The fraction of sp³-hybridized carbons (Fsp3) is 0.316. The molecular weight excluding hydrogens is 380 g/mol. The summed E-state index contributed by atoms with van der Waals surface area (Å²) in [5.74, 6) is -0.473. The number of rotatable bonds is 8. The Morgan fingerprint density at radius 2 is 1.85 bits per heavy atom. The van der Waals surface area contributed by atoms with E-state index in [9.17, 15) is 13.6 Å². The number of halogens is 3. The molecule has 3 rings (SSSR count). The molecule has 27 heavy (non-hydrogen) atoms. The minimum absolute atomic E-state index is 0.0858. The number of carbonyl (C=O) groups is 1. The number of carboxylic acids is 1. The Morgan fingerprint density at radius 1 is 1.19 bits per heavy atom. The van der Waals surface area contributed by atoms with Crippen LogP contribution in [0.4, 0.5) is 8.78 Å². The average molecular weight is 398 g/mol. The molecular formula is C19H18ClF2NO4. The predicted octanol–water partition coefficient (Wildman–Crippen LogP) is 4.04. The molecule has 0 atom stereocenters. The van der Waals surface area contributed by atoms with E-state index in [1.807, 2.05) is 24.3 Å². The second-order valence-electron chi connectivity index (χ2n) is 6.31. The topological polar surface area (TPSA) is 59.0 Å². The Balaban J connectivity index is 1.51. The van der Waals surface area contributed by atoms with E-state index >= 15 is 0 Å². The van der Waals surface area contributed by atoms with Gasteiger partial charge in [0.2, 0.25) is 0 Å². The normalized spacial score (nSPS) is 14.8. The largest absolute Gasteiger partial charge is 0.489 e. The van der Waals surface area contributed by atoms with Crippen molar-refractivity contribution in [1.82, 2.24) is 4.90 Å². The Morgan fingerprint density at radius 3 is 2.48 bits per heavy atom. The summed E-state index contributed by atoms with van der Waals surface area (Å²) in [7, 11) is 0. The van der Waals surface area contributed by atoms with Crippen LogP contribution in [0, 0.1) is 5.92 Å². The summed E-state index contributed by atoms with van der Waals surface area (Å²) < 4.78 is 34.7. The van der Waals surface area contributed by atoms with Crippen molar-refractivity contribution in [2.45, 2.75) is 19.8 Å². The first-order chi connectivity index (χ1) is 12.9. The van der Waals surface area contributed by atoms with E-state index in [0.717, 1.165) is 5.56 Å². The maximum absolute atomic E-state index is 12.4. The number of nitrogens with zero attached hydrogens (tertiary/aromatic N) is 1. The molecule has 0 radical (unpaired) electrons. The summed E-state index contributed by atoms with van der Waals surface area (Å²) in [6, 6.07) is 12.0. The molecule has 1 fully saturated rings. The highest BCUT2D eigenvalue weighted by atomic mass is 35.5. The fourth-order valence-corrected chi connectivity index (χ4v) is 2.96. The van der Waals surface area contributed by atoms with Crippen LogP contribution in [0.5, 0.6) is 11.5 Å². The van der Waals surface area contributed by atoms with Crippen molar-refractivity contribution >= 4 is 17.6 Å². The molecule has 1 aliphatic rings. The van der Waals surface area contributed by atoms with E-state index in [0.29, 0.717) is 30.9 Å². The summed E-state index contributed by atoms with van der Waals surface area (Å²) in [6.07, 6.45) is 0. The first-order valence-electron chi connectivity index (χ1n) is 8.31. The van der Waals surface area contributed by atoms with Crippen LogP contribution in [-0.2, 0) is 17.9 Å². The van der Waals surface area contributed by atoms with Gasteiger partial charge in [-0.05, 0) is 35.4 Å². The summed E-state index contributed by atoms with van der Waals surface area (Å²) in [5.41, 5.74) is 1.71. The van der Waals surface area contributed by atoms with Gasteiger partial charge in [0.15, 0.2) is 0 Å². The minimum Gasteiger partial charge on any atom is -0.489 e. The quantitative estimate of drug-likeness (QED) is 0.728. The lowest BCUT2D eigenvalue weighted by Crippen LogP contribution is -2.49. The highest BCUT2D eigenvalue weighted by Crippen LogP contribution is 2.28. The molecule has 0 saturated carbocycles. The summed E-state index contributed by atoms with van der Waals surface area (Å²) in [6.45, 7) is -0.943. The van der Waals surface area contributed by atoms with E-state index in [2.05, 4.69) is 9.64 Å². The number of hydrogen-bond acceptors (Lipinski definition) is 4. The third-order valence-corrected chi connectivity index (χ3v) is 4.57. The molecule has 2 aromatic carbocycles. The number of aliphatic carboxylic acids is 1. The van der Waals surface area contributed by atoms with Crippen molar-refractivity contribution in [3.63, 3.8) is 0 Å². The van der Waals surface area contributed by atoms with E-state index in [-0.39, 0.29) is 23.3 Å². The third kappa shape index (κ3) is 5.30. The Labute approximate surface area is 160 Å². The van der Waals surface area contributed by atoms with Crippen molar-refractivity contribution in [2.24, 2.45) is 5.92 Å². The highest BCUT2D eigenvalue weighted by Gasteiger charge is 2.32. The summed E-state index contributed by atoms with van der Waals surface area (Å²) in [5, 5.41) is 9.00. The van der Waals surface area contributed by atoms with Gasteiger partial charge in [-0.3, -0.25) is 9.69 Å². The van der Waals surface area contributed by atoms with E-state index in [4.69, 9.17) is 21.4 Å². The molecule has 1 N–H and O–H groups in total. The molecule has 0 aromatic heterocycles. The molecule has 8 heteroatoms. The van der Waals surface area contributed by atoms with Gasteiger partial charge in [0.05, 0.1) is 10.9 Å². The molecule has 0 unspecified atom stereocenters. The molecule has 1 aliphatic heterocycles. The maximum Gasteiger partial charge on any atom is 0.387 e. The van der Waals surface area contributed by atoms with Gasteiger partial charge < -0.3 is 14.6 Å². The number of hydrogen-bond donors (Lipinski definition) is 1. The first-order valence-corrected chi connectivity index (χ1v) is 8.68. The van der Waals surface area contributed by atoms with Gasteiger partial charge in [0.1, 0.15) is 18.1 Å². The van der Waals surface area contributed by atoms with Crippen molar-refractivity contribution in [2.75, 3.05) is 13.1 Å². The van der Waals surface area contributed by atoms with Crippen LogP contribution in [0.1, 0.15) is 11.1 Å². The van der Waals surface area contributed by atoms with E-state index in [1.54, 1.807) is 6.07 Å². The zero-order valence-electron chi connectivity index (χ0n) is 14.3. The van der Waals surface area contributed by atoms with Gasteiger partial charge in [-0.2, -0.15) is 8.78 Å². The number of alkyl halides is 2. The minimum atomic E-state index is -2.94. The highest BCUT2D eigenvalue weighted by molar-refractivity contribution is 6.32. The van der Waals surface area contributed by atoms with Crippen molar-refractivity contribution in [3.8, 4) is 11.5 Å². The van der Waals surface area contributed by atoms with Gasteiger partial charge >= 0.3 is 12.6 Å². The lowest BCUT2D eigenvalue weighted by atomic mass is 10.00. The zero-order valence-corrected chi connectivity index (χ0v) is 15.0. The molecule has 2 aromatic rings. The van der Waals surface area contributed by atoms with Gasteiger partial charge in [-0.15, -0.1) is 0 Å². The van der Waals surface area contributed by atoms with Gasteiger partial charge in [0.25, 0.3) is 0 Å². The van der Waals surface area contributed by atoms with E-state index < -0.39 is 12.6 Å². The molecule has 0 aliphatic carbocycles. The fourth-order valence-electron chi connectivity index (χ4n) is 2.79. The van der Waals surface area contributed by atoms with Crippen molar-refractivity contribution < 1.29 is 28.2 Å². The molecule has 0 bridgehead atoms. The molecule has 0 spiro atoms. The second kappa shape index (κ2) is 8.54. The Bertz CT molecular complexity index is 795. The maximum atomic E-state index is 12.4. The van der Waals surface area contributed by atoms with Crippen molar-refractivity contribution in [1.29, 1.82) is 0 Å². The van der Waals surface area contributed by atoms with Crippen LogP contribution in [-0.4, -0.2) is 35.7 Å². The molecule has 1 heterocycles. The summed E-state index contributed by atoms with van der Waals surface area (Å²) in [4.78, 5) is 12.9. The first kappa shape index (κ1) is 19.4. The molecule has 1 saturated heterocycles. The smallest absolute Gasteiger partial charge is 0.387 e. The van der Waals surface area contributed by atoms with Crippen LogP contribution in [0.25, 0.3) is 0 Å². The lowest BCUT2D eigenvalue weighted by molar-refractivity contribution is -0.147. The standard InChI is InChI=1S/C19H18ClF2NO4/c20-16-6-3-13(7-17(16)27-19(21)22)11-26-15-4-1-12(2-5-15)8-23-9-14(10-23)18(24)25/h1-7,14,19H,8-11H2,(H,24,25). The van der Waals surface area contributed by atoms with Crippen LogP contribution in [0.2, 0.25) is 5.02 Å². The van der Waals surface area contributed by atoms with Gasteiger partial charge in [0, 0.05) is 19.6 Å². The predicted molar refractivity (Wildman–Crippen MR) is 95.3 cm³/mol. The molecule has 0 amide bonds. The molecule has 5 nitrogen and oxygen atoms in total. The number of carboxylic acid groups (broad SMARTS) is 1. The lowest BCUT2D eigenvalue weighted by Gasteiger charge is -2.36. The zero-order chi connectivity index (χ0) is 19.4. The number of benzene rings is 2. The SMILES string of the molecule is O=C(O)C1CN(Cc2ccc(OCc3ccc(Cl)c(OC(F)F)c3)cc2)C1. The summed E-state index contributed by atoms with van der Waals surface area (Å²) >= 11 is 5.82. The van der Waals surface area contributed by atoms with Crippen LogP contribution in [0.3, 0.4) is 0 Å². The monoisotopic (exact) mass is 397 g/mol.